The van der Waals surface area contributed by atoms with Crippen molar-refractivity contribution in [2.75, 3.05) is 31.2 Å². The zero-order chi connectivity index (χ0) is 16.6. The van der Waals surface area contributed by atoms with E-state index in [-0.39, 0.29) is 5.43 Å². The largest absolute Gasteiger partial charge is 0.440 e. The van der Waals surface area contributed by atoms with Crippen molar-refractivity contribution in [3.8, 4) is 5.75 Å². The van der Waals surface area contributed by atoms with E-state index in [4.69, 9.17) is 13.9 Å². The van der Waals surface area contributed by atoms with Crippen molar-refractivity contribution in [1.29, 1.82) is 0 Å². The highest BCUT2D eigenvalue weighted by molar-refractivity contribution is 9.10. The Labute approximate surface area is 141 Å². The van der Waals surface area contributed by atoms with E-state index in [0.29, 0.717) is 58.9 Å². The molecule has 2 aromatic rings. The summed E-state index contributed by atoms with van der Waals surface area (Å²) in [4.78, 5) is 25.7. The lowest BCUT2D eigenvalue weighted by atomic mass is 10.1. The summed E-state index contributed by atoms with van der Waals surface area (Å²) in [5, 5.41) is 0.447. The molecule has 3 rings (SSSR count). The van der Waals surface area contributed by atoms with Gasteiger partial charge >= 0.3 is 5.97 Å². The third kappa shape index (κ3) is 3.11. The van der Waals surface area contributed by atoms with Crippen molar-refractivity contribution >= 4 is 38.8 Å². The van der Waals surface area contributed by atoms with Crippen molar-refractivity contribution in [1.82, 2.24) is 0 Å². The van der Waals surface area contributed by atoms with Crippen molar-refractivity contribution in [2.45, 2.75) is 13.8 Å². The zero-order valence-electron chi connectivity index (χ0n) is 12.8. The van der Waals surface area contributed by atoms with E-state index < -0.39 is 5.97 Å². The van der Waals surface area contributed by atoms with Crippen LogP contribution >= 0.6 is 15.9 Å². The highest BCUT2D eigenvalue weighted by Gasteiger charge is 2.19. The van der Waals surface area contributed by atoms with Crippen LogP contribution in [0, 0.1) is 6.92 Å². The number of halogens is 1. The maximum absolute atomic E-state index is 12.4. The van der Waals surface area contributed by atoms with Crippen molar-refractivity contribution in [3.05, 3.63) is 32.4 Å². The summed E-state index contributed by atoms with van der Waals surface area (Å²) in [5.74, 6) is 0.442. The number of carbonyl (C=O) groups is 1. The molecular formula is C16H16BrNO5. The molecule has 0 aliphatic carbocycles. The lowest BCUT2D eigenvalue weighted by molar-refractivity contribution is -0.131. The van der Waals surface area contributed by atoms with E-state index in [1.165, 1.54) is 13.0 Å². The molecule has 2 heterocycles. The van der Waals surface area contributed by atoms with Gasteiger partial charge in [-0.3, -0.25) is 9.59 Å². The van der Waals surface area contributed by atoms with E-state index in [9.17, 15) is 9.59 Å². The Bertz CT molecular complexity index is 823. The number of hydrogen-bond donors (Lipinski definition) is 0. The number of morpholine rings is 1. The molecule has 1 fully saturated rings. The molecule has 0 amide bonds. The third-order valence-electron chi connectivity index (χ3n) is 3.71. The van der Waals surface area contributed by atoms with Crippen LogP contribution in [0.15, 0.2) is 25.8 Å². The summed E-state index contributed by atoms with van der Waals surface area (Å²) in [5.41, 5.74) is 0.904. The van der Waals surface area contributed by atoms with Gasteiger partial charge in [-0.2, -0.15) is 0 Å². The van der Waals surface area contributed by atoms with Gasteiger partial charge in [-0.15, -0.1) is 0 Å². The van der Waals surface area contributed by atoms with Crippen LogP contribution in [0.5, 0.6) is 5.75 Å². The molecule has 0 saturated carbocycles. The van der Waals surface area contributed by atoms with Crippen LogP contribution < -0.4 is 15.1 Å². The predicted octanol–water partition coefficient (Wildman–Crippen LogP) is 2.63. The van der Waals surface area contributed by atoms with Gasteiger partial charge in [-0.1, -0.05) is 0 Å². The van der Waals surface area contributed by atoms with Crippen LogP contribution in [-0.4, -0.2) is 32.3 Å². The van der Waals surface area contributed by atoms with Crippen LogP contribution in [0.4, 0.5) is 5.88 Å². The molecule has 0 bridgehead atoms. The second-order valence-electron chi connectivity index (χ2n) is 5.33. The van der Waals surface area contributed by atoms with Crippen LogP contribution in [-0.2, 0) is 9.53 Å². The summed E-state index contributed by atoms with van der Waals surface area (Å²) < 4.78 is 17.0. The second-order valence-corrected chi connectivity index (χ2v) is 6.19. The standard InChI is InChI=1S/C16H16BrNO5/c1-9-15-11(7-12(17)16(9)22-10(2)19)13(20)8-14(23-15)18-3-5-21-6-4-18/h7-8H,3-6H2,1-2H3. The first kappa shape index (κ1) is 16.0. The van der Waals surface area contributed by atoms with Crippen LogP contribution in [0.2, 0.25) is 0 Å². The third-order valence-corrected chi connectivity index (χ3v) is 4.30. The summed E-state index contributed by atoms with van der Waals surface area (Å²) >= 11 is 3.34. The molecule has 1 aromatic heterocycles. The minimum Gasteiger partial charge on any atom is -0.440 e. The maximum atomic E-state index is 12.4. The number of carbonyl (C=O) groups excluding carboxylic acids is 1. The Morgan fingerprint density at radius 2 is 2.00 bits per heavy atom. The van der Waals surface area contributed by atoms with Gasteiger partial charge in [0, 0.05) is 31.6 Å². The summed E-state index contributed by atoms with van der Waals surface area (Å²) in [6.07, 6.45) is 0. The number of hydrogen-bond acceptors (Lipinski definition) is 6. The minimum atomic E-state index is -0.431. The number of esters is 1. The number of aryl methyl sites for hydroxylation is 1. The molecule has 1 saturated heterocycles. The number of rotatable bonds is 2. The van der Waals surface area contributed by atoms with Gasteiger partial charge in [-0.05, 0) is 28.9 Å². The quantitative estimate of drug-likeness (QED) is 0.588. The topological polar surface area (TPSA) is 69.0 Å². The van der Waals surface area contributed by atoms with Gasteiger partial charge in [0.05, 0.1) is 23.1 Å². The first-order valence-electron chi connectivity index (χ1n) is 7.25. The molecule has 122 valence electrons. The molecular weight excluding hydrogens is 366 g/mol. The highest BCUT2D eigenvalue weighted by Crippen LogP contribution is 2.35. The molecule has 7 heteroatoms. The Balaban J connectivity index is 2.17. The van der Waals surface area contributed by atoms with Gasteiger partial charge < -0.3 is 18.8 Å². The fraction of sp³-hybridized carbons (Fsp3) is 0.375. The molecule has 1 aliphatic rings. The number of ether oxygens (including phenoxy) is 2. The predicted molar refractivity (Wildman–Crippen MR) is 89.3 cm³/mol. The summed E-state index contributed by atoms with van der Waals surface area (Å²) in [7, 11) is 0. The molecule has 6 nitrogen and oxygen atoms in total. The van der Waals surface area contributed by atoms with Crippen molar-refractivity contribution in [3.63, 3.8) is 0 Å². The molecule has 0 atom stereocenters. The van der Waals surface area contributed by atoms with E-state index in [0.717, 1.165) is 0 Å². The number of fused-ring (bicyclic) bond motifs is 1. The molecule has 0 spiro atoms. The number of benzene rings is 1. The Morgan fingerprint density at radius 3 is 2.65 bits per heavy atom. The molecule has 1 aromatic carbocycles. The lowest BCUT2D eigenvalue weighted by Gasteiger charge is -2.27. The molecule has 1 aliphatic heterocycles. The van der Waals surface area contributed by atoms with Crippen LogP contribution in [0.25, 0.3) is 11.0 Å². The SMILES string of the molecule is CC(=O)Oc1c(Br)cc2c(=O)cc(N3CCOCC3)oc2c1C. The van der Waals surface area contributed by atoms with E-state index in [2.05, 4.69) is 15.9 Å². The van der Waals surface area contributed by atoms with Gasteiger partial charge in [-0.25, -0.2) is 0 Å². The van der Waals surface area contributed by atoms with Gasteiger partial charge in [0.25, 0.3) is 0 Å². The first-order chi connectivity index (χ1) is 11.0. The minimum absolute atomic E-state index is 0.133. The van der Waals surface area contributed by atoms with Crippen LogP contribution in [0.1, 0.15) is 12.5 Å². The highest BCUT2D eigenvalue weighted by atomic mass is 79.9. The van der Waals surface area contributed by atoms with Gasteiger partial charge in [0.15, 0.2) is 17.1 Å². The van der Waals surface area contributed by atoms with E-state index in [1.54, 1.807) is 13.0 Å². The maximum Gasteiger partial charge on any atom is 0.308 e. The molecule has 0 unspecified atom stereocenters. The fourth-order valence-corrected chi connectivity index (χ4v) is 3.20. The van der Waals surface area contributed by atoms with Crippen molar-refractivity contribution in [2.24, 2.45) is 0 Å². The van der Waals surface area contributed by atoms with Crippen LogP contribution in [0.3, 0.4) is 0 Å². The lowest BCUT2D eigenvalue weighted by Crippen LogP contribution is -2.36. The Hall–Kier alpha value is -1.86. The average Bonchev–Trinajstić information content (AvgIpc) is 2.53. The fourth-order valence-electron chi connectivity index (χ4n) is 2.59. The zero-order valence-corrected chi connectivity index (χ0v) is 14.4. The van der Waals surface area contributed by atoms with E-state index >= 15 is 0 Å². The molecule has 0 N–H and O–H groups in total. The summed E-state index contributed by atoms with van der Waals surface area (Å²) in [6, 6.07) is 3.11. The Morgan fingerprint density at radius 1 is 1.30 bits per heavy atom. The normalized spacial score (nSPS) is 15.0. The number of nitrogens with zero attached hydrogens (tertiary/aromatic N) is 1. The molecule has 23 heavy (non-hydrogen) atoms. The smallest absolute Gasteiger partial charge is 0.308 e. The number of anilines is 1. The Kier molecular flexibility index (Phi) is 4.41. The van der Waals surface area contributed by atoms with Crippen molar-refractivity contribution < 1.29 is 18.7 Å². The summed E-state index contributed by atoms with van der Waals surface area (Å²) in [6.45, 7) is 5.62. The average molecular weight is 382 g/mol. The molecule has 0 radical (unpaired) electrons. The van der Waals surface area contributed by atoms with Gasteiger partial charge in [0.1, 0.15) is 5.58 Å². The first-order valence-corrected chi connectivity index (χ1v) is 8.04. The second kappa shape index (κ2) is 6.33. The van der Waals surface area contributed by atoms with Gasteiger partial charge in [0.2, 0.25) is 0 Å². The van der Waals surface area contributed by atoms with E-state index in [1.807, 2.05) is 4.90 Å². The monoisotopic (exact) mass is 381 g/mol.